The molecule has 1 saturated heterocycles. The largest absolute Gasteiger partial charge is 0.444 e. The van der Waals surface area contributed by atoms with Crippen LogP contribution in [0.15, 0.2) is 15.6 Å². The molecular weight excluding hydrogens is 583 g/mol. The van der Waals surface area contributed by atoms with Crippen molar-refractivity contribution >= 4 is 62.2 Å². The van der Waals surface area contributed by atoms with E-state index in [0.29, 0.717) is 12.0 Å². The Morgan fingerprint density at radius 3 is 2.37 bits per heavy atom. The fourth-order valence-electron chi connectivity index (χ4n) is 4.15. The molecule has 0 spiro atoms. The molecule has 0 saturated carbocycles. The van der Waals surface area contributed by atoms with Gasteiger partial charge in [-0.2, -0.15) is 0 Å². The van der Waals surface area contributed by atoms with E-state index in [4.69, 9.17) is 9.47 Å². The number of anilines is 1. The SMILES string of the molecule is CSc1nc2c(F)c(Br)c(C)cc2c(N(C(=O)OC(C)(C)C)C2CCN(C(=O)OC(C)(C)C)C2)c1[N+](=O)[O-]. The third-order valence-corrected chi connectivity index (χ3v) is 7.29. The van der Waals surface area contributed by atoms with Gasteiger partial charge in [0.2, 0.25) is 0 Å². The summed E-state index contributed by atoms with van der Waals surface area (Å²) in [6.45, 7) is 12.2. The molecule has 1 fully saturated rings. The zero-order chi connectivity index (χ0) is 28.7. The second kappa shape index (κ2) is 10.8. The Kier molecular flexibility index (Phi) is 8.52. The fraction of sp³-hybridized carbons (Fsp3) is 0.560. The lowest BCUT2D eigenvalue weighted by Crippen LogP contribution is -2.46. The molecule has 10 nitrogen and oxygen atoms in total. The molecule has 1 aromatic carbocycles. The molecule has 2 heterocycles. The van der Waals surface area contributed by atoms with Crippen molar-refractivity contribution in [3.63, 3.8) is 0 Å². The molecule has 13 heteroatoms. The van der Waals surface area contributed by atoms with Crippen LogP contribution in [0.2, 0.25) is 0 Å². The van der Waals surface area contributed by atoms with Crippen LogP contribution in [-0.2, 0) is 9.47 Å². The Bertz CT molecular complexity index is 1290. The van der Waals surface area contributed by atoms with Gasteiger partial charge < -0.3 is 14.4 Å². The minimum Gasteiger partial charge on any atom is -0.444 e. The second-order valence-electron chi connectivity index (χ2n) is 11.0. The molecule has 0 aliphatic carbocycles. The highest BCUT2D eigenvalue weighted by Crippen LogP contribution is 2.45. The Morgan fingerprint density at radius 1 is 1.24 bits per heavy atom. The number of hydrogen-bond acceptors (Lipinski definition) is 8. The summed E-state index contributed by atoms with van der Waals surface area (Å²) in [7, 11) is 0. The minimum absolute atomic E-state index is 0.0434. The highest BCUT2D eigenvalue weighted by Gasteiger charge is 2.42. The third kappa shape index (κ3) is 6.31. The Hall–Kier alpha value is -2.67. The molecule has 1 atom stereocenters. The van der Waals surface area contributed by atoms with Gasteiger partial charge in [-0.1, -0.05) is 0 Å². The predicted molar refractivity (Wildman–Crippen MR) is 147 cm³/mol. The molecule has 1 aromatic heterocycles. The Labute approximate surface area is 233 Å². The number of likely N-dealkylation sites (tertiary alicyclic amines) is 1. The number of amides is 2. The lowest BCUT2D eigenvalue weighted by atomic mass is 10.1. The van der Waals surface area contributed by atoms with Crippen LogP contribution in [-0.4, -0.2) is 63.6 Å². The van der Waals surface area contributed by atoms with Gasteiger partial charge in [0.05, 0.1) is 15.4 Å². The molecule has 0 N–H and O–H groups in total. The van der Waals surface area contributed by atoms with Gasteiger partial charge in [0.1, 0.15) is 22.4 Å². The fourth-order valence-corrected chi connectivity index (χ4v) is 5.00. The van der Waals surface area contributed by atoms with Crippen LogP contribution < -0.4 is 4.90 Å². The number of carbonyl (C=O) groups excluding carboxylic acids is 2. The quantitative estimate of drug-likeness (QED) is 0.209. The number of halogens is 2. The first-order valence-electron chi connectivity index (χ1n) is 12.0. The van der Waals surface area contributed by atoms with Crippen molar-refractivity contribution in [2.75, 3.05) is 24.2 Å². The minimum atomic E-state index is -0.928. The number of aromatic nitrogens is 1. The summed E-state index contributed by atoms with van der Waals surface area (Å²) in [4.78, 5) is 45.2. The van der Waals surface area contributed by atoms with Crippen molar-refractivity contribution in [2.24, 2.45) is 0 Å². The van der Waals surface area contributed by atoms with Crippen LogP contribution in [0.25, 0.3) is 10.9 Å². The highest BCUT2D eigenvalue weighted by molar-refractivity contribution is 9.10. The number of ether oxygens (including phenoxy) is 2. The number of rotatable bonds is 4. The van der Waals surface area contributed by atoms with Crippen LogP contribution in [0.4, 0.5) is 25.4 Å². The van der Waals surface area contributed by atoms with Crippen LogP contribution in [0.3, 0.4) is 0 Å². The molecule has 0 radical (unpaired) electrons. The lowest BCUT2D eigenvalue weighted by molar-refractivity contribution is -0.387. The monoisotopic (exact) mass is 614 g/mol. The smallest absolute Gasteiger partial charge is 0.415 e. The normalized spacial score (nSPS) is 16.1. The first-order valence-corrected chi connectivity index (χ1v) is 14.0. The molecular formula is C25H32BrFN4O6S. The molecule has 0 bridgehead atoms. The molecule has 38 heavy (non-hydrogen) atoms. The van der Waals surface area contributed by atoms with Gasteiger partial charge in [0.15, 0.2) is 10.8 Å². The summed E-state index contributed by atoms with van der Waals surface area (Å²) in [5, 5.41) is 12.5. The van der Waals surface area contributed by atoms with Crippen LogP contribution in [0.5, 0.6) is 0 Å². The summed E-state index contributed by atoms with van der Waals surface area (Å²) in [6, 6.07) is 0.850. The molecule has 2 amide bonds. The number of hydrogen-bond donors (Lipinski definition) is 0. The van der Waals surface area contributed by atoms with Crippen LogP contribution in [0.1, 0.15) is 53.5 Å². The molecule has 1 aliphatic rings. The average molecular weight is 616 g/mol. The Morgan fingerprint density at radius 2 is 1.84 bits per heavy atom. The number of thioether (sulfide) groups is 1. The zero-order valence-electron chi connectivity index (χ0n) is 22.7. The maximum Gasteiger partial charge on any atom is 0.415 e. The third-order valence-electron chi connectivity index (χ3n) is 5.65. The van der Waals surface area contributed by atoms with Gasteiger partial charge >= 0.3 is 17.9 Å². The van der Waals surface area contributed by atoms with Gasteiger partial charge in [0, 0.05) is 18.5 Å². The van der Waals surface area contributed by atoms with Crippen molar-refractivity contribution < 1.29 is 28.4 Å². The van der Waals surface area contributed by atoms with Gasteiger partial charge in [-0.3, -0.25) is 15.0 Å². The van der Waals surface area contributed by atoms with Crippen LogP contribution in [0, 0.1) is 22.9 Å². The topological polar surface area (TPSA) is 115 Å². The van der Waals surface area contributed by atoms with Gasteiger partial charge in [-0.15, -0.1) is 11.8 Å². The summed E-state index contributed by atoms with van der Waals surface area (Å²) in [6.07, 6.45) is 0.474. The standard InChI is InChI=1S/C25H32BrFN4O6S/c1-13-11-15-18(17(27)16(13)26)28-21(38-8)20(31(34)35)19(15)30(23(33)37-25(5,6)7)14-9-10-29(12-14)22(32)36-24(2,3)4/h11,14H,9-10,12H2,1-8H3. The average Bonchev–Trinajstić information content (AvgIpc) is 3.25. The van der Waals surface area contributed by atoms with E-state index < -0.39 is 45.9 Å². The first-order chi connectivity index (χ1) is 17.4. The predicted octanol–water partition coefficient (Wildman–Crippen LogP) is 6.83. The van der Waals surface area contributed by atoms with Crippen molar-refractivity contribution in [1.29, 1.82) is 0 Å². The van der Waals surface area contributed by atoms with Gasteiger partial charge in [-0.25, -0.2) is 19.0 Å². The Balaban J connectivity index is 2.29. The number of nitro groups is 1. The van der Waals surface area contributed by atoms with E-state index in [9.17, 15) is 19.7 Å². The summed E-state index contributed by atoms with van der Waals surface area (Å²) in [5.41, 5.74) is -1.87. The summed E-state index contributed by atoms with van der Waals surface area (Å²) in [5.74, 6) is -0.697. The number of benzene rings is 1. The first kappa shape index (κ1) is 29.9. The van der Waals surface area contributed by atoms with E-state index in [-0.39, 0.29) is 39.2 Å². The van der Waals surface area contributed by atoms with E-state index in [1.807, 2.05) is 0 Å². The molecule has 1 aliphatic heterocycles. The van der Waals surface area contributed by atoms with E-state index in [1.54, 1.807) is 60.8 Å². The van der Waals surface area contributed by atoms with Crippen molar-refractivity contribution in [3.05, 3.63) is 32.0 Å². The maximum atomic E-state index is 15.4. The van der Waals surface area contributed by atoms with Gasteiger partial charge in [0.25, 0.3) is 0 Å². The molecule has 1 unspecified atom stereocenters. The molecule has 208 valence electrons. The molecule has 2 aromatic rings. The van der Waals surface area contributed by atoms with Crippen molar-refractivity contribution in [2.45, 2.75) is 77.2 Å². The maximum absolute atomic E-state index is 15.4. The number of pyridine rings is 1. The second-order valence-corrected chi connectivity index (χ2v) is 12.6. The van der Waals surface area contributed by atoms with E-state index in [0.717, 1.165) is 11.8 Å². The summed E-state index contributed by atoms with van der Waals surface area (Å²) < 4.78 is 26.8. The zero-order valence-corrected chi connectivity index (χ0v) is 25.1. The summed E-state index contributed by atoms with van der Waals surface area (Å²) >= 11 is 4.19. The highest BCUT2D eigenvalue weighted by atomic mass is 79.9. The molecule has 3 rings (SSSR count). The van der Waals surface area contributed by atoms with E-state index in [2.05, 4.69) is 20.9 Å². The number of fused-ring (bicyclic) bond motifs is 1. The van der Waals surface area contributed by atoms with Crippen molar-refractivity contribution in [3.8, 4) is 0 Å². The van der Waals surface area contributed by atoms with E-state index >= 15 is 4.39 Å². The van der Waals surface area contributed by atoms with Crippen LogP contribution >= 0.6 is 27.7 Å². The van der Waals surface area contributed by atoms with Crippen molar-refractivity contribution in [1.82, 2.24) is 9.88 Å². The van der Waals surface area contributed by atoms with E-state index in [1.165, 1.54) is 9.80 Å². The number of aryl methyl sites for hydroxylation is 1. The number of nitrogens with zero attached hydrogens (tertiary/aromatic N) is 4. The lowest BCUT2D eigenvalue weighted by Gasteiger charge is -2.32. The van der Waals surface area contributed by atoms with Gasteiger partial charge in [-0.05, 0) is 88.7 Å². The number of carbonyl (C=O) groups is 2.